The van der Waals surface area contributed by atoms with Gasteiger partial charge in [-0.3, -0.25) is 9.59 Å². The second-order valence-electron chi connectivity index (χ2n) is 13.8. The molecule has 4 aliphatic heterocycles. The summed E-state index contributed by atoms with van der Waals surface area (Å²) in [6.45, 7) is 8.24. The highest BCUT2D eigenvalue weighted by Crippen LogP contribution is 2.33. The van der Waals surface area contributed by atoms with E-state index in [9.17, 15) is 14.4 Å². The molecular formula is C37H51N5O4. The van der Waals surface area contributed by atoms with E-state index in [0.717, 1.165) is 67.3 Å². The zero-order chi connectivity index (χ0) is 32.0. The van der Waals surface area contributed by atoms with E-state index in [0.29, 0.717) is 38.6 Å². The van der Waals surface area contributed by atoms with Crippen molar-refractivity contribution in [1.82, 2.24) is 19.6 Å². The summed E-state index contributed by atoms with van der Waals surface area (Å²) in [5.74, 6) is 1.98. The molecule has 0 spiro atoms. The Morgan fingerprint density at radius 1 is 0.870 bits per heavy atom. The maximum Gasteiger partial charge on any atom is 0.322 e. The molecule has 0 radical (unpaired) electrons. The standard InChI is InChI=1S/C37H51N5O4/c1-3-46-33-9-6-7-27(24-33)23-31(36(44)41-19-13-29(14-20-41)28-11-17-39(2)18-12-28)25-35(43)40-21-15-32(16-22-40)42-26-30-8-4-5-10-34(30)38-37(42)45/h4-10,24,28-29,31-32H,3,11-23,25-26H2,1-2H3,(H,38,45)/t31-/m1/s1. The van der Waals surface area contributed by atoms with E-state index in [1.165, 1.54) is 25.9 Å². The van der Waals surface area contributed by atoms with Crippen molar-refractivity contribution in [3.63, 3.8) is 0 Å². The molecule has 0 aliphatic carbocycles. The van der Waals surface area contributed by atoms with Crippen molar-refractivity contribution < 1.29 is 19.1 Å². The molecule has 0 saturated carbocycles. The molecule has 4 heterocycles. The summed E-state index contributed by atoms with van der Waals surface area (Å²) in [5, 5.41) is 3.02. The molecule has 9 heteroatoms. The number of anilines is 1. The van der Waals surface area contributed by atoms with E-state index >= 15 is 0 Å². The van der Waals surface area contributed by atoms with E-state index in [2.05, 4.69) is 23.3 Å². The lowest BCUT2D eigenvalue weighted by Gasteiger charge is -2.41. The lowest BCUT2D eigenvalue weighted by molar-refractivity contribution is -0.143. The van der Waals surface area contributed by atoms with Gasteiger partial charge in [0.1, 0.15) is 5.75 Å². The minimum atomic E-state index is -0.411. The molecule has 0 aromatic heterocycles. The summed E-state index contributed by atoms with van der Waals surface area (Å²) in [4.78, 5) is 49.1. The van der Waals surface area contributed by atoms with Crippen molar-refractivity contribution >= 4 is 23.5 Å². The molecule has 2 aromatic rings. The van der Waals surface area contributed by atoms with E-state index in [4.69, 9.17) is 4.74 Å². The number of hydrogen-bond acceptors (Lipinski definition) is 5. The number of piperidine rings is 3. The minimum Gasteiger partial charge on any atom is -0.494 e. The van der Waals surface area contributed by atoms with Gasteiger partial charge in [-0.2, -0.15) is 0 Å². The second-order valence-corrected chi connectivity index (χ2v) is 13.8. The number of ether oxygens (including phenoxy) is 1. The number of rotatable bonds is 9. The molecule has 46 heavy (non-hydrogen) atoms. The Morgan fingerprint density at radius 3 is 2.26 bits per heavy atom. The molecule has 3 fully saturated rings. The van der Waals surface area contributed by atoms with E-state index in [1.807, 2.05) is 64.1 Å². The number of nitrogens with zero attached hydrogens (tertiary/aromatic N) is 4. The number of hydrogen-bond donors (Lipinski definition) is 1. The number of likely N-dealkylation sites (tertiary alicyclic amines) is 3. The van der Waals surface area contributed by atoms with Crippen LogP contribution in [0, 0.1) is 17.8 Å². The Labute approximate surface area is 274 Å². The van der Waals surface area contributed by atoms with Crippen LogP contribution in [-0.4, -0.2) is 96.4 Å². The summed E-state index contributed by atoms with van der Waals surface area (Å²) in [7, 11) is 2.21. The Morgan fingerprint density at radius 2 is 1.54 bits per heavy atom. The van der Waals surface area contributed by atoms with Gasteiger partial charge in [0.05, 0.1) is 12.5 Å². The van der Waals surface area contributed by atoms with Crippen LogP contribution in [0.25, 0.3) is 0 Å². The summed E-state index contributed by atoms with van der Waals surface area (Å²) < 4.78 is 5.74. The number of amides is 4. The molecule has 1 atom stereocenters. The summed E-state index contributed by atoms with van der Waals surface area (Å²) in [5.41, 5.74) is 3.02. The SMILES string of the molecule is CCOc1cccc(C[C@H](CC(=O)N2CCC(N3Cc4ccccc4NC3=O)CC2)C(=O)N2CCC(C3CCN(C)CC3)CC2)c1. The van der Waals surface area contributed by atoms with Gasteiger partial charge in [0, 0.05) is 50.9 Å². The lowest BCUT2D eigenvalue weighted by atomic mass is 9.78. The van der Waals surface area contributed by atoms with Gasteiger partial charge < -0.3 is 29.7 Å². The van der Waals surface area contributed by atoms with Crippen LogP contribution in [0.3, 0.4) is 0 Å². The van der Waals surface area contributed by atoms with Crippen LogP contribution in [0.15, 0.2) is 48.5 Å². The molecule has 2 aromatic carbocycles. The highest BCUT2D eigenvalue weighted by molar-refractivity contribution is 5.92. The highest BCUT2D eigenvalue weighted by atomic mass is 16.5. The largest absolute Gasteiger partial charge is 0.494 e. The van der Waals surface area contributed by atoms with Gasteiger partial charge in [0.2, 0.25) is 11.8 Å². The third kappa shape index (κ3) is 7.68. The Hall–Kier alpha value is -3.59. The third-order valence-electron chi connectivity index (χ3n) is 10.9. The number of carbonyl (C=O) groups is 3. The maximum atomic E-state index is 14.1. The predicted octanol–water partition coefficient (Wildman–Crippen LogP) is 5.25. The predicted molar refractivity (Wildman–Crippen MR) is 180 cm³/mol. The van der Waals surface area contributed by atoms with Gasteiger partial charge in [0.15, 0.2) is 0 Å². The van der Waals surface area contributed by atoms with E-state index in [-0.39, 0.29) is 30.3 Å². The monoisotopic (exact) mass is 629 g/mol. The smallest absolute Gasteiger partial charge is 0.322 e. The minimum absolute atomic E-state index is 0.0346. The number of fused-ring (bicyclic) bond motifs is 1. The highest BCUT2D eigenvalue weighted by Gasteiger charge is 2.36. The number of para-hydroxylation sites is 1. The fraction of sp³-hybridized carbons (Fsp3) is 0.595. The molecular weight excluding hydrogens is 578 g/mol. The van der Waals surface area contributed by atoms with Crippen LogP contribution in [0.1, 0.15) is 63.0 Å². The van der Waals surface area contributed by atoms with Crippen molar-refractivity contribution in [2.45, 2.75) is 70.9 Å². The zero-order valence-corrected chi connectivity index (χ0v) is 27.7. The third-order valence-corrected chi connectivity index (χ3v) is 10.9. The van der Waals surface area contributed by atoms with Crippen molar-refractivity contribution in [2.75, 3.05) is 58.2 Å². The number of benzene rings is 2. The molecule has 1 N–H and O–H groups in total. The van der Waals surface area contributed by atoms with Crippen molar-refractivity contribution in [1.29, 1.82) is 0 Å². The zero-order valence-electron chi connectivity index (χ0n) is 27.7. The lowest BCUT2D eigenvalue weighted by Crippen LogP contribution is -2.51. The van der Waals surface area contributed by atoms with Crippen LogP contribution in [-0.2, 0) is 22.6 Å². The fourth-order valence-electron chi connectivity index (χ4n) is 8.09. The first-order valence-corrected chi connectivity index (χ1v) is 17.5. The first-order valence-electron chi connectivity index (χ1n) is 17.5. The number of urea groups is 1. The van der Waals surface area contributed by atoms with Gasteiger partial charge in [0.25, 0.3) is 0 Å². The van der Waals surface area contributed by atoms with Gasteiger partial charge in [-0.25, -0.2) is 4.79 Å². The van der Waals surface area contributed by atoms with E-state index in [1.54, 1.807) is 0 Å². The van der Waals surface area contributed by atoms with Gasteiger partial charge in [-0.15, -0.1) is 0 Å². The maximum absolute atomic E-state index is 14.1. The topological polar surface area (TPSA) is 85.4 Å². The quantitative estimate of drug-likeness (QED) is 0.410. The summed E-state index contributed by atoms with van der Waals surface area (Å²) in [6.07, 6.45) is 6.83. The fourth-order valence-corrected chi connectivity index (χ4v) is 8.09. The van der Waals surface area contributed by atoms with Gasteiger partial charge in [-0.05, 0) is 113 Å². The second kappa shape index (κ2) is 14.9. The Bertz CT molecular complexity index is 1360. The summed E-state index contributed by atoms with van der Waals surface area (Å²) in [6, 6.07) is 15.9. The van der Waals surface area contributed by atoms with E-state index < -0.39 is 5.92 Å². The summed E-state index contributed by atoms with van der Waals surface area (Å²) >= 11 is 0. The van der Waals surface area contributed by atoms with Crippen LogP contribution in [0.5, 0.6) is 5.75 Å². The molecule has 248 valence electrons. The average molecular weight is 630 g/mol. The molecule has 4 aliphatic rings. The molecule has 0 unspecified atom stereocenters. The Kier molecular flexibility index (Phi) is 10.5. The van der Waals surface area contributed by atoms with Crippen molar-refractivity contribution in [2.24, 2.45) is 17.8 Å². The normalized spacial score (nSPS) is 21.1. The van der Waals surface area contributed by atoms with Gasteiger partial charge >= 0.3 is 6.03 Å². The Balaban J connectivity index is 1.08. The van der Waals surface area contributed by atoms with Crippen LogP contribution >= 0.6 is 0 Å². The molecule has 6 rings (SSSR count). The van der Waals surface area contributed by atoms with Crippen molar-refractivity contribution in [3.8, 4) is 5.75 Å². The molecule has 4 amide bonds. The first-order chi connectivity index (χ1) is 22.4. The van der Waals surface area contributed by atoms with Crippen LogP contribution in [0.2, 0.25) is 0 Å². The van der Waals surface area contributed by atoms with Crippen LogP contribution < -0.4 is 10.1 Å². The molecule has 9 nitrogen and oxygen atoms in total. The van der Waals surface area contributed by atoms with Gasteiger partial charge in [-0.1, -0.05) is 30.3 Å². The molecule has 3 saturated heterocycles. The van der Waals surface area contributed by atoms with Crippen molar-refractivity contribution in [3.05, 3.63) is 59.7 Å². The van der Waals surface area contributed by atoms with Crippen LogP contribution in [0.4, 0.5) is 10.5 Å². The molecule has 0 bridgehead atoms. The average Bonchev–Trinajstić information content (AvgIpc) is 3.08. The number of nitrogens with one attached hydrogen (secondary N) is 1. The first kappa shape index (κ1) is 32.4. The number of carbonyl (C=O) groups excluding carboxylic acids is 3.